The summed E-state index contributed by atoms with van der Waals surface area (Å²) >= 11 is 3.95. The number of thioether (sulfide) groups is 2. The molecular formula is C28H26N6O4S3. The number of nitrogens with zero attached hydrogens (tertiary/aromatic N) is 2. The van der Waals surface area contributed by atoms with E-state index in [1.165, 1.54) is 11.3 Å². The number of carbonyl (C=O) groups is 2. The minimum atomic E-state index is -0.321. The highest BCUT2D eigenvalue weighted by Gasteiger charge is 2.14. The Balaban J connectivity index is 0.958. The van der Waals surface area contributed by atoms with Gasteiger partial charge in [0.15, 0.2) is 5.17 Å². The molecule has 2 aromatic carbocycles. The average Bonchev–Trinajstić information content (AvgIpc) is 3.68. The molecule has 5 rings (SSSR count). The van der Waals surface area contributed by atoms with Crippen LogP contribution >= 0.6 is 34.9 Å². The number of carbonyl (C=O) groups excluding carboxylic acids is 2. The van der Waals surface area contributed by atoms with Crippen molar-refractivity contribution in [3.05, 3.63) is 77.2 Å². The molecule has 4 N–H and O–H groups in total. The highest BCUT2D eigenvalue weighted by Crippen LogP contribution is 2.23. The molecule has 0 aliphatic rings. The Morgan fingerprint density at radius 1 is 0.854 bits per heavy atom. The highest BCUT2D eigenvalue weighted by atomic mass is 32.2. The zero-order chi connectivity index (χ0) is 28.6. The Labute approximate surface area is 247 Å². The standard InChI is InChI=1S/C28H26N6O4S3/c29-23(40-27(30)31-24(35)13-17-15-37-21-7-3-1-5-19(17)21)9-11-39-12-10-26-33-34-28(41-26)32-25(36)14-18-16-38-22-8-4-2-6-20(18)22/h1-8,15-16,29H,9-14H2,(H2,30,31,35)(H,32,34,36). The summed E-state index contributed by atoms with van der Waals surface area (Å²) in [6.45, 7) is 0. The van der Waals surface area contributed by atoms with Crippen LogP contribution in [0.5, 0.6) is 0 Å². The number of rotatable bonds is 11. The first kappa shape index (κ1) is 28.6. The van der Waals surface area contributed by atoms with Crippen LogP contribution in [-0.2, 0) is 28.9 Å². The Morgan fingerprint density at radius 2 is 1.49 bits per heavy atom. The second-order valence-electron chi connectivity index (χ2n) is 8.93. The summed E-state index contributed by atoms with van der Waals surface area (Å²) in [5.41, 5.74) is 3.05. The van der Waals surface area contributed by atoms with E-state index >= 15 is 0 Å². The van der Waals surface area contributed by atoms with E-state index in [1.807, 2.05) is 48.5 Å². The lowest BCUT2D eigenvalue weighted by Crippen LogP contribution is -2.29. The number of para-hydroxylation sites is 2. The maximum Gasteiger partial charge on any atom is 0.230 e. The second-order valence-corrected chi connectivity index (χ2v) is 12.3. The number of furan rings is 2. The first-order valence-electron chi connectivity index (χ1n) is 12.7. The van der Waals surface area contributed by atoms with Gasteiger partial charge < -0.3 is 19.5 Å². The van der Waals surface area contributed by atoms with E-state index in [2.05, 4.69) is 20.8 Å². The smallest absolute Gasteiger partial charge is 0.230 e. The number of amides is 2. The van der Waals surface area contributed by atoms with Crippen LogP contribution in [0, 0.1) is 10.8 Å². The number of hydrogen-bond donors (Lipinski definition) is 4. The number of hydrogen-bond acceptors (Lipinski definition) is 11. The van der Waals surface area contributed by atoms with Crippen LogP contribution in [0.25, 0.3) is 21.9 Å². The van der Waals surface area contributed by atoms with E-state index < -0.39 is 0 Å². The number of benzene rings is 2. The molecule has 3 aromatic heterocycles. The summed E-state index contributed by atoms with van der Waals surface area (Å²) in [7, 11) is 0. The molecule has 0 spiro atoms. The summed E-state index contributed by atoms with van der Waals surface area (Å²) in [6, 6.07) is 15.1. The molecule has 0 aliphatic heterocycles. The molecule has 0 unspecified atom stereocenters. The lowest BCUT2D eigenvalue weighted by molar-refractivity contribution is -0.119. The van der Waals surface area contributed by atoms with Gasteiger partial charge in [0, 0.05) is 34.7 Å². The van der Waals surface area contributed by atoms with E-state index in [4.69, 9.17) is 19.7 Å². The van der Waals surface area contributed by atoms with Gasteiger partial charge in [-0.05, 0) is 35.4 Å². The molecule has 0 saturated carbocycles. The molecule has 0 atom stereocenters. The number of aryl methyl sites for hydroxylation is 1. The molecule has 0 saturated heterocycles. The SMILES string of the molecule is N=C(CCSCCc1nnc(NC(=O)Cc2coc3ccccc23)s1)SC(=N)NC(=O)Cc1coc2ccccc12. The van der Waals surface area contributed by atoms with E-state index in [0.717, 1.165) is 50.0 Å². The Hall–Kier alpha value is -3.94. The van der Waals surface area contributed by atoms with Crippen LogP contribution in [0.15, 0.2) is 69.9 Å². The van der Waals surface area contributed by atoms with Gasteiger partial charge in [0.1, 0.15) is 16.2 Å². The lowest BCUT2D eigenvalue weighted by atomic mass is 10.1. The molecule has 0 bridgehead atoms. The maximum absolute atomic E-state index is 12.5. The van der Waals surface area contributed by atoms with Crippen molar-refractivity contribution < 1.29 is 18.4 Å². The van der Waals surface area contributed by atoms with Gasteiger partial charge in [-0.3, -0.25) is 20.4 Å². The molecule has 10 nitrogen and oxygen atoms in total. The van der Waals surface area contributed by atoms with Crippen molar-refractivity contribution in [2.75, 3.05) is 16.8 Å². The van der Waals surface area contributed by atoms with E-state index in [-0.39, 0.29) is 29.8 Å². The summed E-state index contributed by atoms with van der Waals surface area (Å²) in [5, 5.41) is 33.0. The molecule has 41 heavy (non-hydrogen) atoms. The quantitative estimate of drug-likeness (QED) is 0.0824. The zero-order valence-electron chi connectivity index (χ0n) is 21.8. The highest BCUT2D eigenvalue weighted by molar-refractivity contribution is 8.26. The largest absolute Gasteiger partial charge is 0.464 e. The fourth-order valence-corrected chi connectivity index (χ4v) is 6.57. The van der Waals surface area contributed by atoms with Gasteiger partial charge in [-0.1, -0.05) is 47.7 Å². The molecule has 2 amide bonds. The van der Waals surface area contributed by atoms with Gasteiger partial charge in [-0.15, -0.1) is 10.2 Å². The second kappa shape index (κ2) is 13.6. The summed E-state index contributed by atoms with van der Waals surface area (Å²) in [4.78, 5) is 24.8. The van der Waals surface area contributed by atoms with Gasteiger partial charge in [0.2, 0.25) is 16.9 Å². The third-order valence-corrected chi connectivity index (χ3v) is 8.59. The van der Waals surface area contributed by atoms with Crippen molar-refractivity contribution in [1.29, 1.82) is 10.8 Å². The third kappa shape index (κ3) is 7.84. The van der Waals surface area contributed by atoms with Crippen LogP contribution in [0.4, 0.5) is 5.13 Å². The van der Waals surface area contributed by atoms with Crippen LogP contribution in [0.1, 0.15) is 22.6 Å². The normalized spacial score (nSPS) is 11.1. The van der Waals surface area contributed by atoms with Crippen molar-refractivity contribution in [2.45, 2.75) is 25.7 Å². The average molecular weight is 607 g/mol. The molecule has 3 heterocycles. The fraction of sp³-hybridized carbons (Fsp3) is 0.214. The van der Waals surface area contributed by atoms with Gasteiger partial charge >= 0.3 is 0 Å². The minimum absolute atomic E-state index is 0.0674. The van der Waals surface area contributed by atoms with Crippen molar-refractivity contribution in [2.24, 2.45) is 0 Å². The van der Waals surface area contributed by atoms with E-state index in [1.54, 1.807) is 24.3 Å². The van der Waals surface area contributed by atoms with Gasteiger partial charge in [-0.2, -0.15) is 11.8 Å². The van der Waals surface area contributed by atoms with Crippen molar-refractivity contribution in [3.63, 3.8) is 0 Å². The van der Waals surface area contributed by atoms with E-state index in [0.29, 0.717) is 34.4 Å². The molecular weight excluding hydrogens is 581 g/mol. The van der Waals surface area contributed by atoms with Gasteiger partial charge in [0.25, 0.3) is 0 Å². The summed E-state index contributed by atoms with van der Waals surface area (Å²) < 4.78 is 10.9. The van der Waals surface area contributed by atoms with Crippen LogP contribution in [0.3, 0.4) is 0 Å². The fourth-order valence-electron chi connectivity index (χ4n) is 4.05. The monoisotopic (exact) mass is 606 g/mol. The first-order valence-corrected chi connectivity index (χ1v) is 15.5. The van der Waals surface area contributed by atoms with Crippen molar-refractivity contribution >= 4 is 84.0 Å². The third-order valence-electron chi connectivity index (χ3n) is 5.95. The van der Waals surface area contributed by atoms with E-state index in [9.17, 15) is 9.59 Å². The van der Waals surface area contributed by atoms with Gasteiger partial charge in [0.05, 0.1) is 30.4 Å². The Bertz CT molecular complexity index is 1710. The molecule has 210 valence electrons. The van der Waals surface area contributed by atoms with Gasteiger partial charge in [-0.25, -0.2) is 0 Å². The predicted octanol–water partition coefficient (Wildman–Crippen LogP) is 5.88. The molecule has 13 heteroatoms. The predicted molar refractivity (Wildman–Crippen MR) is 165 cm³/mol. The summed E-state index contributed by atoms with van der Waals surface area (Å²) in [6.07, 6.45) is 4.63. The Kier molecular flexibility index (Phi) is 9.49. The number of aromatic nitrogens is 2. The topological polar surface area (TPSA) is 158 Å². The molecule has 0 aliphatic carbocycles. The summed E-state index contributed by atoms with van der Waals surface area (Å²) in [5.74, 6) is 0.990. The maximum atomic E-state index is 12.5. The Morgan fingerprint density at radius 3 is 2.17 bits per heavy atom. The molecule has 5 aromatic rings. The number of amidine groups is 1. The zero-order valence-corrected chi connectivity index (χ0v) is 24.2. The van der Waals surface area contributed by atoms with Crippen LogP contribution in [-0.4, -0.2) is 43.7 Å². The minimum Gasteiger partial charge on any atom is -0.464 e. The van der Waals surface area contributed by atoms with Crippen molar-refractivity contribution in [1.82, 2.24) is 15.5 Å². The van der Waals surface area contributed by atoms with Crippen LogP contribution in [0.2, 0.25) is 0 Å². The first-order chi connectivity index (χ1) is 19.9. The van der Waals surface area contributed by atoms with Crippen LogP contribution < -0.4 is 10.6 Å². The molecule has 0 radical (unpaired) electrons. The van der Waals surface area contributed by atoms with Crippen molar-refractivity contribution in [3.8, 4) is 0 Å². The number of anilines is 1. The number of nitrogens with one attached hydrogen (secondary N) is 4. The molecule has 0 fully saturated rings. The number of fused-ring (bicyclic) bond motifs is 2. The lowest BCUT2D eigenvalue weighted by Gasteiger charge is -2.07.